The Morgan fingerprint density at radius 1 is 1.50 bits per heavy atom. The second-order valence-electron chi connectivity index (χ2n) is 2.96. The maximum atomic E-state index is 11.9. The van der Waals surface area contributed by atoms with Crippen molar-refractivity contribution in [1.82, 2.24) is 9.78 Å². The minimum Gasteiger partial charge on any atom is -0.270 e. The summed E-state index contributed by atoms with van der Waals surface area (Å²) in [5.74, 6) is 0. The molecule has 0 atom stereocenters. The molecule has 0 saturated heterocycles. The van der Waals surface area contributed by atoms with E-state index < -0.39 is 29.2 Å². The van der Waals surface area contributed by atoms with E-state index in [0.717, 1.165) is 10.9 Å². The van der Waals surface area contributed by atoms with Crippen LogP contribution in [0.3, 0.4) is 0 Å². The van der Waals surface area contributed by atoms with Crippen molar-refractivity contribution in [2.45, 2.75) is 24.0 Å². The first-order valence-corrected chi connectivity index (χ1v) is 6.54. The fraction of sp³-hybridized carbons (Fsp3) is 0.500. The first-order chi connectivity index (χ1) is 7.09. The zero-order valence-corrected chi connectivity index (χ0v) is 10.7. The molecule has 1 heterocycles. The molecule has 5 nitrogen and oxygen atoms in total. The fourth-order valence-corrected chi connectivity index (χ4v) is 2.81. The van der Waals surface area contributed by atoms with Gasteiger partial charge in [-0.25, -0.2) is 13.6 Å². The smallest absolute Gasteiger partial charge is 0.270 e. The fourth-order valence-electron chi connectivity index (χ4n) is 0.926. The molecule has 0 fully saturated rings. The van der Waals surface area contributed by atoms with Crippen molar-refractivity contribution in [3.63, 3.8) is 0 Å². The van der Waals surface area contributed by atoms with Gasteiger partial charge in [0, 0.05) is 12.7 Å². The maximum absolute atomic E-state index is 11.9. The highest BCUT2D eigenvalue weighted by Gasteiger charge is 2.27. The third-order valence-corrected chi connectivity index (χ3v) is 3.69. The van der Waals surface area contributed by atoms with Gasteiger partial charge in [0.2, 0.25) is 10.0 Å². The Bertz CT molecular complexity index is 482. The quantitative estimate of drug-likeness (QED) is 0.811. The molecule has 0 saturated carbocycles. The number of nitrogens with zero attached hydrogens (tertiary/aromatic N) is 2. The van der Waals surface area contributed by atoms with E-state index >= 15 is 0 Å². The lowest BCUT2D eigenvalue weighted by molar-refractivity contribution is -0.137. The Morgan fingerprint density at radius 3 is 2.44 bits per heavy atom. The molecule has 0 aromatic carbocycles. The van der Waals surface area contributed by atoms with Gasteiger partial charge in [0.1, 0.15) is 8.60 Å². The number of sulfonamides is 1. The van der Waals surface area contributed by atoms with Gasteiger partial charge in [0.15, 0.2) is 0 Å². The molecule has 0 radical (unpaired) electrons. The molecule has 0 amide bonds. The van der Waals surface area contributed by atoms with Crippen molar-refractivity contribution in [2.75, 3.05) is 0 Å². The van der Waals surface area contributed by atoms with Gasteiger partial charge in [0.05, 0.1) is 6.42 Å². The minimum absolute atomic E-state index is 0.0577. The molecule has 0 aliphatic heterocycles. The summed E-state index contributed by atoms with van der Waals surface area (Å²) in [4.78, 5) is -0.268. The van der Waals surface area contributed by atoms with Crippen molar-refractivity contribution in [2.24, 2.45) is 5.14 Å². The van der Waals surface area contributed by atoms with E-state index in [-0.39, 0.29) is 8.60 Å². The number of aromatic nitrogens is 2. The molecular formula is C6H7F3IN3O2S. The molecule has 16 heavy (non-hydrogen) atoms. The molecule has 0 spiro atoms. The van der Waals surface area contributed by atoms with E-state index in [2.05, 4.69) is 5.10 Å². The van der Waals surface area contributed by atoms with Gasteiger partial charge in [0.25, 0.3) is 0 Å². The molecule has 0 bridgehead atoms. The number of halogens is 4. The van der Waals surface area contributed by atoms with Crippen LogP contribution >= 0.6 is 22.6 Å². The summed E-state index contributed by atoms with van der Waals surface area (Å²) < 4.78 is 58.6. The van der Waals surface area contributed by atoms with Crippen LogP contribution in [0.15, 0.2) is 11.1 Å². The summed E-state index contributed by atoms with van der Waals surface area (Å²) in [6.07, 6.45) is -4.39. The zero-order chi connectivity index (χ0) is 12.6. The summed E-state index contributed by atoms with van der Waals surface area (Å²) in [6.45, 7) is -0.435. The Hall–Kier alpha value is -0.360. The molecule has 1 aromatic heterocycles. The first-order valence-electron chi connectivity index (χ1n) is 3.92. The largest absolute Gasteiger partial charge is 0.390 e. The summed E-state index contributed by atoms with van der Waals surface area (Å²) in [6, 6.07) is 0. The summed E-state index contributed by atoms with van der Waals surface area (Å²) in [5.41, 5.74) is 0. The van der Waals surface area contributed by atoms with E-state index in [1.165, 1.54) is 0 Å². The predicted octanol–water partition coefficient (Wildman–Crippen LogP) is 1.09. The lowest BCUT2D eigenvalue weighted by atomic mass is 10.4. The summed E-state index contributed by atoms with van der Waals surface area (Å²) >= 11 is 1.59. The standard InChI is InChI=1S/C6H7F3IN3O2S/c7-6(8,9)1-2-13-3-4(5(10)12-13)16(11,14)15/h3H,1-2H2,(H2,11,14,15). The molecule has 0 aliphatic carbocycles. The molecule has 0 unspecified atom stereocenters. The average Bonchev–Trinajstić information content (AvgIpc) is 2.41. The average molecular weight is 369 g/mol. The van der Waals surface area contributed by atoms with Crippen molar-refractivity contribution < 1.29 is 21.6 Å². The van der Waals surface area contributed by atoms with Crippen LogP contribution in [-0.4, -0.2) is 24.4 Å². The zero-order valence-electron chi connectivity index (χ0n) is 7.70. The molecular weight excluding hydrogens is 362 g/mol. The Morgan fingerprint density at radius 2 is 2.06 bits per heavy atom. The van der Waals surface area contributed by atoms with Gasteiger partial charge in [-0.1, -0.05) is 0 Å². The molecule has 1 aromatic rings. The van der Waals surface area contributed by atoms with E-state index in [4.69, 9.17) is 5.14 Å². The van der Waals surface area contributed by atoms with Crippen LogP contribution in [-0.2, 0) is 16.6 Å². The molecule has 1 rings (SSSR count). The van der Waals surface area contributed by atoms with Crippen LogP contribution < -0.4 is 5.14 Å². The molecule has 2 N–H and O–H groups in total. The van der Waals surface area contributed by atoms with Gasteiger partial charge in [-0.3, -0.25) is 4.68 Å². The van der Waals surface area contributed by atoms with Gasteiger partial charge in [-0.05, 0) is 22.6 Å². The van der Waals surface area contributed by atoms with Crippen LogP contribution in [0, 0.1) is 3.70 Å². The highest BCUT2D eigenvalue weighted by atomic mass is 127. The number of rotatable bonds is 3. The lowest BCUT2D eigenvalue weighted by Gasteiger charge is -2.05. The van der Waals surface area contributed by atoms with Gasteiger partial charge >= 0.3 is 6.18 Å². The highest BCUT2D eigenvalue weighted by molar-refractivity contribution is 14.1. The minimum atomic E-state index is -4.31. The topological polar surface area (TPSA) is 78.0 Å². The Balaban J connectivity index is 2.87. The second-order valence-corrected chi connectivity index (χ2v) is 5.51. The van der Waals surface area contributed by atoms with Gasteiger partial charge < -0.3 is 0 Å². The second kappa shape index (κ2) is 4.49. The number of hydrogen-bond acceptors (Lipinski definition) is 3. The van der Waals surface area contributed by atoms with Crippen LogP contribution in [0.1, 0.15) is 6.42 Å². The monoisotopic (exact) mass is 369 g/mol. The first kappa shape index (κ1) is 13.7. The van der Waals surface area contributed by atoms with Crippen molar-refractivity contribution in [3.8, 4) is 0 Å². The molecule has 0 aliphatic rings. The SMILES string of the molecule is NS(=O)(=O)c1cn(CCC(F)(F)F)nc1I. The van der Waals surface area contributed by atoms with Crippen molar-refractivity contribution in [1.29, 1.82) is 0 Å². The number of hydrogen-bond donors (Lipinski definition) is 1. The summed E-state index contributed by atoms with van der Waals surface area (Å²) in [7, 11) is -3.94. The molecule has 10 heteroatoms. The number of primary sulfonamides is 1. The van der Waals surface area contributed by atoms with Gasteiger partial charge in [-0.2, -0.15) is 18.3 Å². The van der Waals surface area contributed by atoms with E-state index in [1.807, 2.05) is 0 Å². The van der Waals surface area contributed by atoms with Crippen LogP contribution in [0.5, 0.6) is 0 Å². The molecule has 92 valence electrons. The van der Waals surface area contributed by atoms with Crippen molar-refractivity contribution in [3.05, 3.63) is 9.90 Å². The van der Waals surface area contributed by atoms with Gasteiger partial charge in [-0.15, -0.1) is 0 Å². The normalized spacial score (nSPS) is 13.1. The Kier molecular flexibility index (Phi) is 3.84. The van der Waals surface area contributed by atoms with E-state index in [1.54, 1.807) is 22.6 Å². The maximum Gasteiger partial charge on any atom is 0.390 e. The third kappa shape index (κ3) is 3.90. The lowest BCUT2D eigenvalue weighted by Crippen LogP contribution is -2.13. The number of aryl methyl sites for hydroxylation is 1. The Labute approximate surface area is 103 Å². The number of alkyl halides is 3. The van der Waals surface area contributed by atoms with Crippen LogP contribution in [0.2, 0.25) is 0 Å². The number of nitrogens with two attached hydrogens (primary N) is 1. The predicted molar refractivity (Wildman–Crippen MR) is 57.0 cm³/mol. The summed E-state index contributed by atoms with van der Waals surface area (Å²) in [5, 5.41) is 8.47. The van der Waals surface area contributed by atoms with Crippen LogP contribution in [0.25, 0.3) is 0 Å². The highest BCUT2D eigenvalue weighted by Crippen LogP contribution is 2.21. The third-order valence-electron chi connectivity index (χ3n) is 1.62. The van der Waals surface area contributed by atoms with Crippen LogP contribution in [0.4, 0.5) is 13.2 Å². The van der Waals surface area contributed by atoms with E-state index in [9.17, 15) is 21.6 Å². The van der Waals surface area contributed by atoms with E-state index in [0.29, 0.717) is 0 Å². The van der Waals surface area contributed by atoms with Crippen molar-refractivity contribution >= 4 is 32.6 Å².